The predicted octanol–water partition coefficient (Wildman–Crippen LogP) is 0.396. The fraction of sp³-hybridized carbons (Fsp3) is 0.714. The summed E-state index contributed by atoms with van der Waals surface area (Å²) < 4.78 is 30.8. The lowest BCUT2D eigenvalue weighted by atomic mass is 9.98. The number of esters is 4. The van der Waals surface area contributed by atoms with Gasteiger partial charge in [0.05, 0.1) is 0 Å². The zero-order valence-electron chi connectivity index (χ0n) is 14.1. The molecule has 1 fully saturated rings. The number of hydrogen-bond acceptors (Lipinski definition) is 10. The second-order valence-electron chi connectivity index (χ2n) is 5.16. The van der Waals surface area contributed by atoms with Gasteiger partial charge in [0.1, 0.15) is 29.0 Å². The van der Waals surface area contributed by atoms with Gasteiger partial charge in [-0.25, -0.2) is 0 Å². The number of hydrogen-bond donors (Lipinski definition) is 0. The molecule has 0 unspecified atom stereocenters. The van der Waals surface area contributed by atoms with Crippen LogP contribution in [0.5, 0.6) is 0 Å². The van der Waals surface area contributed by atoms with Crippen molar-refractivity contribution in [1.29, 1.82) is 0 Å². The van der Waals surface area contributed by atoms with E-state index in [1.165, 1.54) is 6.92 Å². The fourth-order valence-electron chi connectivity index (χ4n) is 2.26. The Hall–Kier alpha value is -1.72. The van der Waals surface area contributed by atoms with Gasteiger partial charge in [0.2, 0.25) is 6.29 Å². The fourth-order valence-corrected chi connectivity index (χ4v) is 2.56. The quantitative estimate of drug-likeness (QED) is 0.435. The lowest BCUT2D eigenvalue weighted by molar-refractivity contribution is -0.284. The molecule has 5 atom stereocenters. The molecule has 1 saturated heterocycles. The molecule has 1 heterocycles. The summed E-state index contributed by atoms with van der Waals surface area (Å²) in [4.78, 5) is 45.3. The largest absolute Gasteiger partial charge is 0.463 e. The standard InChI is InChI=1S/C14H19BrO10/c1-6(16)20-5-10-11(21-7(2)17)12(22-8(3)18)13(23-9(4)19)14(24-10)25-15/h10-14H,5H2,1-4H3/t10-,11-,12+,13+,14-/m1/s1. The topological polar surface area (TPSA) is 124 Å². The zero-order chi connectivity index (χ0) is 19.1. The van der Waals surface area contributed by atoms with Crippen LogP contribution in [0.15, 0.2) is 0 Å². The van der Waals surface area contributed by atoms with Gasteiger partial charge in [-0.3, -0.25) is 23.0 Å². The molecule has 25 heavy (non-hydrogen) atoms. The van der Waals surface area contributed by atoms with E-state index in [0.29, 0.717) is 0 Å². The number of halogens is 1. The summed E-state index contributed by atoms with van der Waals surface area (Å²) >= 11 is 2.74. The molecular weight excluding hydrogens is 408 g/mol. The molecule has 0 radical (unpaired) electrons. The molecule has 10 nitrogen and oxygen atoms in total. The average molecular weight is 427 g/mol. The van der Waals surface area contributed by atoms with Crippen LogP contribution in [0.25, 0.3) is 0 Å². The van der Waals surface area contributed by atoms with Gasteiger partial charge < -0.3 is 23.7 Å². The molecule has 0 aromatic rings. The summed E-state index contributed by atoms with van der Waals surface area (Å²) in [7, 11) is 0. The average Bonchev–Trinajstić information content (AvgIpc) is 2.48. The van der Waals surface area contributed by atoms with Crippen LogP contribution in [-0.4, -0.2) is 61.2 Å². The van der Waals surface area contributed by atoms with Gasteiger partial charge in [-0.2, -0.15) is 0 Å². The normalized spacial score (nSPS) is 28.6. The van der Waals surface area contributed by atoms with Crippen molar-refractivity contribution in [2.24, 2.45) is 0 Å². The minimum atomic E-state index is -1.23. The number of carbonyl (C=O) groups excluding carboxylic acids is 4. The maximum Gasteiger partial charge on any atom is 0.303 e. The molecule has 0 aliphatic carbocycles. The van der Waals surface area contributed by atoms with E-state index in [1.54, 1.807) is 0 Å². The van der Waals surface area contributed by atoms with Crippen molar-refractivity contribution in [1.82, 2.24) is 0 Å². The second-order valence-corrected chi connectivity index (χ2v) is 5.53. The van der Waals surface area contributed by atoms with Crippen LogP contribution in [0.3, 0.4) is 0 Å². The van der Waals surface area contributed by atoms with Crippen molar-refractivity contribution >= 4 is 40.1 Å². The van der Waals surface area contributed by atoms with Crippen LogP contribution in [-0.2, 0) is 46.7 Å². The highest BCUT2D eigenvalue weighted by Gasteiger charge is 2.52. The summed E-state index contributed by atoms with van der Waals surface area (Å²) in [6.45, 7) is 4.30. The summed E-state index contributed by atoms with van der Waals surface area (Å²) in [5.41, 5.74) is 0. The number of rotatable bonds is 6. The third-order valence-electron chi connectivity index (χ3n) is 3.04. The van der Waals surface area contributed by atoms with Gasteiger partial charge in [0.15, 0.2) is 18.3 Å². The van der Waals surface area contributed by atoms with E-state index in [-0.39, 0.29) is 6.61 Å². The molecule has 11 heteroatoms. The van der Waals surface area contributed by atoms with Crippen LogP contribution in [0.2, 0.25) is 0 Å². The van der Waals surface area contributed by atoms with Crippen LogP contribution >= 0.6 is 16.3 Å². The summed E-state index contributed by atoms with van der Waals surface area (Å²) in [6, 6.07) is 0. The Morgan fingerprint density at radius 3 is 1.72 bits per heavy atom. The molecule has 1 rings (SSSR count). The molecule has 142 valence electrons. The number of carbonyl (C=O) groups is 4. The first-order valence-electron chi connectivity index (χ1n) is 7.23. The zero-order valence-corrected chi connectivity index (χ0v) is 15.6. The molecular formula is C14H19BrO10. The molecule has 0 aromatic carbocycles. The molecule has 0 N–H and O–H groups in total. The first kappa shape index (κ1) is 21.3. The SMILES string of the molecule is CC(=O)OC[C@H]1O[C@H](OBr)[C@@H](OC(C)=O)[C@@H](OC(C)=O)[C@@H]1OC(C)=O. The highest BCUT2D eigenvalue weighted by molar-refractivity contribution is 9.06. The van der Waals surface area contributed by atoms with Crippen molar-refractivity contribution in [3.8, 4) is 0 Å². The van der Waals surface area contributed by atoms with E-state index < -0.39 is 54.6 Å². The molecule has 0 spiro atoms. The Kier molecular flexibility index (Phi) is 8.26. The smallest absolute Gasteiger partial charge is 0.303 e. The minimum Gasteiger partial charge on any atom is -0.463 e. The van der Waals surface area contributed by atoms with E-state index >= 15 is 0 Å². The van der Waals surface area contributed by atoms with Gasteiger partial charge in [-0.15, -0.1) is 0 Å². The lowest BCUT2D eigenvalue weighted by Gasteiger charge is -2.43. The predicted molar refractivity (Wildman–Crippen MR) is 82.0 cm³/mol. The Morgan fingerprint density at radius 2 is 1.28 bits per heavy atom. The van der Waals surface area contributed by atoms with Gasteiger partial charge in [0.25, 0.3) is 0 Å². The van der Waals surface area contributed by atoms with Crippen molar-refractivity contribution in [3.63, 3.8) is 0 Å². The molecule has 0 aromatic heterocycles. The van der Waals surface area contributed by atoms with Crippen LogP contribution in [0.1, 0.15) is 27.7 Å². The molecule has 0 saturated carbocycles. The minimum absolute atomic E-state index is 0.301. The molecule has 0 amide bonds. The van der Waals surface area contributed by atoms with Crippen LogP contribution in [0, 0.1) is 0 Å². The van der Waals surface area contributed by atoms with Gasteiger partial charge in [-0.05, 0) is 0 Å². The molecule has 0 bridgehead atoms. The van der Waals surface area contributed by atoms with E-state index in [2.05, 4.69) is 16.3 Å². The van der Waals surface area contributed by atoms with Crippen LogP contribution < -0.4 is 0 Å². The van der Waals surface area contributed by atoms with Crippen molar-refractivity contribution in [2.45, 2.75) is 58.4 Å². The van der Waals surface area contributed by atoms with Gasteiger partial charge in [-0.1, -0.05) is 0 Å². The highest BCUT2D eigenvalue weighted by atomic mass is 79.9. The van der Waals surface area contributed by atoms with Crippen molar-refractivity contribution in [2.75, 3.05) is 6.61 Å². The molecule has 1 aliphatic heterocycles. The summed E-state index contributed by atoms with van der Waals surface area (Å²) in [6.07, 6.45) is -5.88. The monoisotopic (exact) mass is 426 g/mol. The Bertz CT molecular complexity index is 522. The third-order valence-corrected chi connectivity index (χ3v) is 3.40. The maximum atomic E-state index is 11.5. The first-order valence-corrected chi connectivity index (χ1v) is 7.88. The van der Waals surface area contributed by atoms with Gasteiger partial charge in [0, 0.05) is 27.7 Å². The van der Waals surface area contributed by atoms with E-state index in [1.807, 2.05) is 0 Å². The van der Waals surface area contributed by atoms with E-state index in [0.717, 1.165) is 20.8 Å². The Labute approximate surface area is 152 Å². The first-order chi connectivity index (χ1) is 11.6. The van der Waals surface area contributed by atoms with Crippen molar-refractivity contribution < 1.29 is 46.7 Å². The third kappa shape index (κ3) is 6.59. The summed E-state index contributed by atoms with van der Waals surface area (Å²) in [5, 5.41) is 0. The van der Waals surface area contributed by atoms with Gasteiger partial charge >= 0.3 is 23.9 Å². The van der Waals surface area contributed by atoms with E-state index in [9.17, 15) is 19.2 Å². The lowest BCUT2D eigenvalue weighted by Crippen LogP contribution is -2.62. The van der Waals surface area contributed by atoms with Crippen LogP contribution in [0.4, 0.5) is 0 Å². The summed E-state index contributed by atoms with van der Waals surface area (Å²) in [5.74, 6) is -2.69. The highest BCUT2D eigenvalue weighted by Crippen LogP contribution is 2.30. The Balaban J connectivity index is 3.18. The van der Waals surface area contributed by atoms with Crippen molar-refractivity contribution in [3.05, 3.63) is 0 Å². The Morgan fingerprint density at radius 1 is 0.800 bits per heavy atom. The maximum absolute atomic E-state index is 11.5. The molecule has 1 aliphatic rings. The number of ether oxygens (including phenoxy) is 5. The second kappa shape index (κ2) is 9.68. The van der Waals surface area contributed by atoms with E-state index in [4.69, 9.17) is 27.5 Å².